The zero-order chi connectivity index (χ0) is 54.0. The van der Waals surface area contributed by atoms with Gasteiger partial charge in [0.05, 0.1) is 17.7 Å². The Morgan fingerprint density at radius 1 is 0.731 bits per heavy atom. The van der Waals surface area contributed by atoms with E-state index in [2.05, 4.69) is 227 Å². The number of hydrogen-bond donors (Lipinski definition) is 0. The summed E-state index contributed by atoms with van der Waals surface area (Å²) in [5.74, 6) is 0.890. The summed E-state index contributed by atoms with van der Waals surface area (Å²) in [7, 11) is 2.22. The second-order valence-electron chi connectivity index (χ2n) is 24.7. The molecule has 0 radical (unpaired) electrons. The molecule has 0 aromatic heterocycles. The van der Waals surface area contributed by atoms with E-state index in [0.29, 0.717) is 0 Å². The van der Waals surface area contributed by atoms with E-state index in [-0.39, 0.29) is 22.3 Å². The van der Waals surface area contributed by atoms with E-state index in [0.717, 1.165) is 94.0 Å². The van der Waals surface area contributed by atoms with Crippen molar-refractivity contribution in [2.24, 2.45) is 10.4 Å². The van der Waals surface area contributed by atoms with Crippen molar-refractivity contribution >= 4 is 62.1 Å². The van der Waals surface area contributed by atoms with Gasteiger partial charge in [-0.2, -0.15) is 0 Å². The fraction of sp³-hybridized carbons (Fsp3) is 0.394. The number of halogens is 1. The van der Waals surface area contributed by atoms with Crippen molar-refractivity contribution < 1.29 is 4.74 Å². The number of benzene rings is 5. The van der Waals surface area contributed by atoms with Gasteiger partial charge in [0, 0.05) is 94.4 Å². The molecular weight excluding hydrogens is 974 g/mol. The number of ether oxygens (including phenoxy) is 1. The van der Waals surface area contributed by atoms with Gasteiger partial charge in [0.1, 0.15) is 5.69 Å². The van der Waals surface area contributed by atoms with E-state index in [1.165, 1.54) is 103 Å². The second-order valence-corrected chi connectivity index (χ2v) is 25.0. The predicted molar refractivity (Wildman–Crippen MR) is 332 cm³/mol. The zero-order valence-electron chi connectivity index (χ0n) is 47.6. The average molecular weight is 1050 g/mol. The van der Waals surface area contributed by atoms with Gasteiger partial charge in [0.15, 0.2) is 5.75 Å². The number of para-hydroxylation sites is 1. The third-order valence-electron chi connectivity index (χ3n) is 19.0. The van der Waals surface area contributed by atoms with Crippen molar-refractivity contribution in [2.75, 3.05) is 47.9 Å². The predicted octanol–water partition coefficient (Wildman–Crippen LogP) is 18.0. The molecule has 1 saturated heterocycles. The van der Waals surface area contributed by atoms with Crippen molar-refractivity contribution in [3.63, 3.8) is 0 Å². The highest BCUT2D eigenvalue weighted by Crippen LogP contribution is 2.57. The summed E-state index contributed by atoms with van der Waals surface area (Å²) in [6, 6.07) is 33.9. The van der Waals surface area contributed by atoms with Crippen LogP contribution in [0.1, 0.15) is 130 Å². The first-order valence-electron chi connectivity index (χ1n) is 29.4. The molecule has 2 atom stereocenters. The lowest BCUT2D eigenvalue weighted by Crippen LogP contribution is -2.62. The van der Waals surface area contributed by atoms with Crippen LogP contribution in [0.15, 0.2) is 189 Å². The van der Waals surface area contributed by atoms with Crippen molar-refractivity contribution in [3.05, 3.63) is 196 Å². The topological polar surface area (TPSA) is 34.5 Å². The molecule has 1 fully saturated rings. The molecule has 2 aliphatic carbocycles. The Labute approximate surface area is 470 Å². The Hall–Kier alpha value is -6.50. The van der Waals surface area contributed by atoms with E-state index >= 15 is 0 Å². The summed E-state index contributed by atoms with van der Waals surface area (Å²) in [5, 5.41) is 6.01. The summed E-state index contributed by atoms with van der Waals surface area (Å²) in [6.07, 6.45) is 35.2. The Morgan fingerprint density at radius 3 is 2.27 bits per heavy atom. The summed E-state index contributed by atoms with van der Waals surface area (Å²) in [5.41, 5.74) is 14.0. The Kier molecular flexibility index (Phi) is 13.8. The largest absolute Gasteiger partial charge is 0.459 e. The molecular formula is C71H80ClN5O. The molecule has 6 nitrogen and oxygen atoms in total. The van der Waals surface area contributed by atoms with Gasteiger partial charge in [-0.15, -0.1) is 0 Å². The minimum atomic E-state index is -0.755. The van der Waals surface area contributed by atoms with Crippen molar-refractivity contribution in [1.82, 2.24) is 4.90 Å². The van der Waals surface area contributed by atoms with Gasteiger partial charge in [0.2, 0.25) is 5.72 Å². The molecule has 5 heterocycles. The average Bonchev–Trinajstić information content (AvgIpc) is 3.85. The normalized spacial score (nSPS) is 25.4. The molecule has 12 rings (SSSR count). The molecule has 402 valence electrons. The maximum absolute atomic E-state index is 7.54. The van der Waals surface area contributed by atoms with Crippen LogP contribution in [-0.2, 0) is 10.8 Å². The molecule has 1 spiro atoms. The van der Waals surface area contributed by atoms with Crippen LogP contribution < -0.4 is 19.4 Å². The van der Waals surface area contributed by atoms with E-state index < -0.39 is 5.72 Å². The number of rotatable bonds is 11. The molecule has 78 heavy (non-hydrogen) atoms. The van der Waals surface area contributed by atoms with Crippen LogP contribution in [0.3, 0.4) is 0 Å². The Balaban J connectivity index is 0.780. The van der Waals surface area contributed by atoms with Crippen LogP contribution in [-0.4, -0.2) is 56.1 Å². The number of hydrogen-bond acceptors (Lipinski definition) is 6. The monoisotopic (exact) mass is 1050 g/mol. The SMILES string of the molecule is C/C=C1\C=C/C/C=C\C2=C1C(C)(C)/C(=C\C=C1/CCCC(/C=C/C3N(CCCCCCN4c5ccccc5C(C)(C)C45C=Nc4c(cc(N6CCCCC6)c6ccccc46)O5)c4ccc5ccccc5c4C3(C)C)=C1Cl)N2C. The Morgan fingerprint density at radius 2 is 1.46 bits per heavy atom. The summed E-state index contributed by atoms with van der Waals surface area (Å²) in [6.45, 7) is 20.5. The molecule has 5 aromatic carbocycles. The lowest BCUT2D eigenvalue weighted by molar-refractivity contribution is 0.0775. The molecule has 5 aromatic rings. The number of fused-ring (bicyclic) bond motifs is 7. The fourth-order valence-corrected chi connectivity index (χ4v) is 15.2. The molecule has 0 N–H and O–H groups in total. The number of aliphatic imine (C=N–C) groups is 1. The number of anilines is 3. The van der Waals surface area contributed by atoms with Gasteiger partial charge >= 0.3 is 0 Å². The lowest BCUT2D eigenvalue weighted by atomic mass is 9.77. The maximum atomic E-state index is 7.54. The first kappa shape index (κ1) is 52.2. The Bertz CT molecular complexity index is 3480. The van der Waals surface area contributed by atoms with Crippen molar-refractivity contribution in [3.8, 4) is 5.75 Å². The van der Waals surface area contributed by atoms with Crippen LogP contribution in [0.4, 0.5) is 22.7 Å². The summed E-state index contributed by atoms with van der Waals surface area (Å²) < 4.78 is 7.54. The van der Waals surface area contributed by atoms with Gasteiger partial charge in [-0.05, 0) is 147 Å². The smallest absolute Gasteiger partial charge is 0.228 e. The lowest BCUT2D eigenvalue weighted by Gasteiger charge is -2.46. The number of allylic oxidation sites excluding steroid dienone is 13. The quantitative estimate of drug-likeness (QED) is 0.123. The minimum absolute atomic E-state index is 0.124. The minimum Gasteiger partial charge on any atom is -0.459 e. The number of unbranched alkanes of at least 4 members (excludes halogenated alkanes) is 3. The third-order valence-corrected chi connectivity index (χ3v) is 19.5. The van der Waals surface area contributed by atoms with Crippen LogP contribution in [0.2, 0.25) is 0 Å². The molecule has 0 amide bonds. The van der Waals surface area contributed by atoms with Crippen LogP contribution in [0.5, 0.6) is 5.75 Å². The van der Waals surface area contributed by atoms with Gasteiger partial charge < -0.3 is 24.3 Å². The van der Waals surface area contributed by atoms with E-state index in [1.54, 1.807) is 0 Å². The van der Waals surface area contributed by atoms with Crippen LogP contribution in [0, 0.1) is 5.41 Å². The molecule has 7 heteroatoms. The zero-order valence-corrected chi connectivity index (χ0v) is 48.4. The van der Waals surface area contributed by atoms with Gasteiger partial charge in [-0.3, -0.25) is 4.99 Å². The third kappa shape index (κ3) is 8.62. The van der Waals surface area contributed by atoms with E-state index in [1.807, 2.05) is 0 Å². The molecule has 0 bridgehead atoms. The van der Waals surface area contributed by atoms with Gasteiger partial charge in [-0.1, -0.05) is 167 Å². The first-order valence-corrected chi connectivity index (χ1v) is 29.8. The molecule has 0 saturated carbocycles. The summed E-state index contributed by atoms with van der Waals surface area (Å²) >= 11 is 7.51. The van der Waals surface area contributed by atoms with E-state index in [4.69, 9.17) is 21.3 Å². The molecule has 5 aliphatic heterocycles. The maximum Gasteiger partial charge on any atom is 0.228 e. The highest BCUT2D eigenvalue weighted by Gasteiger charge is 2.59. The van der Waals surface area contributed by atoms with Crippen LogP contribution in [0.25, 0.3) is 21.5 Å². The highest BCUT2D eigenvalue weighted by molar-refractivity contribution is 6.32. The van der Waals surface area contributed by atoms with Gasteiger partial charge in [-0.25, -0.2) is 0 Å². The van der Waals surface area contributed by atoms with Crippen molar-refractivity contribution in [1.29, 1.82) is 0 Å². The second kappa shape index (κ2) is 20.6. The number of likely N-dealkylation sites (N-methyl/N-ethyl adjacent to an activating group) is 1. The number of nitrogens with zero attached hydrogens (tertiary/aromatic N) is 5. The highest BCUT2D eigenvalue weighted by atomic mass is 35.5. The first-order chi connectivity index (χ1) is 37.8. The fourth-order valence-electron chi connectivity index (χ4n) is 14.9. The number of piperidine rings is 1. The van der Waals surface area contributed by atoms with Gasteiger partial charge in [0.25, 0.3) is 0 Å². The van der Waals surface area contributed by atoms with Crippen molar-refractivity contribution in [2.45, 2.75) is 142 Å². The van der Waals surface area contributed by atoms with Crippen LogP contribution >= 0.6 is 11.6 Å². The van der Waals surface area contributed by atoms with E-state index in [9.17, 15) is 0 Å². The summed E-state index contributed by atoms with van der Waals surface area (Å²) in [4.78, 5) is 15.6. The standard InChI is InChI=1S/C71H80ClN5O/c1-9-49-27-14-12-15-36-58-64(49)68(2,3)62(74(58)8)41-38-51-29-26-30-52(66(51)72)39-42-63-69(4,5)65-53-31-17-16-28-50(53)37-40-59(65)76(63)45-24-10-11-25-46-77-57-35-21-20-34-56(57)70(6,7)71(77)48-73-67-55-33-19-18-32-54(55)60(47-61(67)78-71)75-43-22-13-23-44-75/h9,14-21,27-28,31-42,47-48,63H,10-13,22-26,29-30,43-46H2,1-8H3/b27-14-,36-15-,42-39+,49-9+,51-38+,62-41+. The molecule has 7 aliphatic rings. The molecule has 2 unspecified atom stereocenters.